The summed E-state index contributed by atoms with van der Waals surface area (Å²) in [6.45, 7) is 8.26. The SMILES string of the molecule is CCSCC(C)NC(=O)C1(CC)CCCNC1. The minimum Gasteiger partial charge on any atom is -0.352 e. The fourth-order valence-electron chi connectivity index (χ4n) is 2.34. The molecule has 0 saturated carbocycles. The van der Waals surface area contributed by atoms with Crippen LogP contribution in [0.25, 0.3) is 0 Å². The fraction of sp³-hybridized carbons (Fsp3) is 0.923. The predicted octanol–water partition coefficient (Wildman–Crippen LogP) is 2.02. The van der Waals surface area contributed by atoms with E-state index in [1.165, 1.54) is 0 Å². The van der Waals surface area contributed by atoms with Gasteiger partial charge in [0.15, 0.2) is 0 Å². The van der Waals surface area contributed by atoms with E-state index < -0.39 is 0 Å². The van der Waals surface area contributed by atoms with Crippen LogP contribution in [0.2, 0.25) is 0 Å². The molecule has 4 heteroatoms. The van der Waals surface area contributed by atoms with E-state index in [4.69, 9.17) is 0 Å². The van der Waals surface area contributed by atoms with Gasteiger partial charge in [-0.3, -0.25) is 4.79 Å². The van der Waals surface area contributed by atoms with Crippen molar-refractivity contribution in [2.75, 3.05) is 24.6 Å². The summed E-state index contributed by atoms with van der Waals surface area (Å²) in [6, 6.07) is 0.276. The van der Waals surface area contributed by atoms with Crippen molar-refractivity contribution in [1.29, 1.82) is 0 Å². The number of piperidine rings is 1. The molecule has 17 heavy (non-hydrogen) atoms. The Morgan fingerprint density at radius 1 is 1.53 bits per heavy atom. The highest BCUT2D eigenvalue weighted by Crippen LogP contribution is 2.30. The molecule has 0 spiro atoms. The van der Waals surface area contributed by atoms with Crippen LogP contribution in [0.3, 0.4) is 0 Å². The largest absolute Gasteiger partial charge is 0.352 e. The van der Waals surface area contributed by atoms with Crippen LogP contribution in [-0.4, -0.2) is 36.5 Å². The van der Waals surface area contributed by atoms with E-state index in [-0.39, 0.29) is 17.4 Å². The fourth-order valence-corrected chi connectivity index (χ4v) is 3.01. The molecule has 1 saturated heterocycles. The maximum atomic E-state index is 12.4. The number of hydrogen-bond donors (Lipinski definition) is 2. The topological polar surface area (TPSA) is 41.1 Å². The van der Waals surface area contributed by atoms with Gasteiger partial charge in [0.05, 0.1) is 5.41 Å². The van der Waals surface area contributed by atoms with E-state index >= 15 is 0 Å². The van der Waals surface area contributed by atoms with Crippen LogP contribution < -0.4 is 10.6 Å². The maximum absolute atomic E-state index is 12.4. The summed E-state index contributed by atoms with van der Waals surface area (Å²) in [4.78, 5) is 12.4. The van der Waals surface area contributed by atoms with Crippen molar-refractivity contribution < 1.29 is 4.79 Å². The Morgan fingerprint density at radius 2 is 2.29 bits per heavy atom. The van der Waals surface area contributed by atoms with E-state index in [1.807, 2.05) is 11.8 Å². The molecule has 0 radical (unpaired) electrons. The molecule has 1 fully saturated rings. The van der Waals surface area contributed by atoms with Gasteiger partial charge in [-0.1, -0.05) is 13.8 Å². The zero-order chi connectivity index (χ0) is 12.7. The van der Waals surface area contributed by atoms with Crippen molar-refractivity contribution in [2.45, 2.75) is 46.1 Å². The summed E-state index contributed by atoms with van der Waals surface area (Å²) in [7, 11) is 0. The van der Waals surface area contributed by atoms with Crippen LogP contribution >= 0.6 is 11.8 Å². The Bertz CT molecular complexity index is 240. The average molecular weight is 258 g/mol. The maximum Gasteiger partial charge on any atom is 0.227 e. The third kappa shape index (κ3) is 4.18. The van der Waals surface area contributed by atoms with Crippen LogP contribution in [0.15, 0.2) is 0 Å². The number of hydrogen-bond acceptors (Lipinski definition) is 3. The first-order valence-electron chi connectivity index (χ1n) is 6.74. The first-order chi connectivity index (χ1) is 8.14. The molecule has 1 amide bonds. The van der Waals surface area contributed by atoms with Crippen LogP contribution in [0.4, 0.5) is 0 Å². The van der Waals surface area contributed by atoms with E-state index in [2.05, 4.69) is 31.4 Å². The summed E-state index contributed by atoms with van der Waals surface area (Å²) >= 11 is 1.88. The molecule has 3 nitrogen and oxygen atoms in total. The molecule has 100 valence electrons. The minimum absolute atomic E-state index is 0.163. The van der Waals surface area contributed by atoms with Gasteiger partial charge in [0.2, 0.25) is 5.91 Å². The van der Waals surface area contributed by atoms with Gasteiger partial charge < -0.3 is 10.6 Å². The first-order valence-corrected chi connectivity index (χ1v) is 7.89. The average Bonchev–Trinajstić information content (AvgIpc) is 2.37. The second kappa shape index (κ2) is 7.27. The third-order valence-electron chi connectivity index (χ3n) is 3.58. The Kier molecular flexibility index (Phi) is 6.34. The second-order valence-corrected chi connectivity index (χ2v) is 6.27. The van der Waals surface area contributed by atoms with Crippen molar-refractivity contribution in [2.24, 2.45) is 5.41 Å². The van der Waals surface area contributed by atoms with Crippen LogP contribution in [0, 0.1) is 5.41 Å². The second-order valence-electron chi connectivity index (χ2n) is 4.95. The van der Waals surface area contributed by atoms with E-state index in [0.717, 1.165) is 43.9 Å². The summed E-state index contributed by atoms with van der Waals surface area (Å²) in [5, 5.41) is 6.53. The van der Waals surface area contributed by atoms with E-state index in [9.17, 15) is 4.79 Å². The molecule has 0 aliphatic carbocycles. The highest BCUT2D eigenvalue weighted by atomic mass is 32.2. The number of carbonyl (C=O) groups excluding carboxylic acids is 1. The monoisotopic (exact) mass is 258 g/mol. The predicted molar refractivity (Wildman–Crippen MR) is 75.4 cm³/mol. The molecule has 1 aliphatic heterocycles. The number of rotatable bonds is 6. The first kappa shape index (κ1) is 14.8. The molecule has 0 bridgehead atoms. The van der Waals surface area contributed by atoms with Crippen LogP contribution in [-0.2, 0) is 4.79 Å². The molecule has 1 aliphatic rings. The Labute approximate surface area is 109 Å². The third-order valence-corrected chi connectivity index (χ3v) is 4.72. The van der Waals surface area contributed by atoms with Gasteiger partial charge in [-0.05, 0) is 38.5 Å². The van der Waals surface area contributed by atoms with Gasteiger partial charge in [0.25, 0.3) is 0 Å². The van der Waals surface area contributed by atoms with Gasteiger partial charge in [-0.15, -0.1) is 0 Å². The summed E-state index contributed by atoms with van der Waals surface area (Å²) in [5.41, 5.74) is -0.163. The van der Waals surface area contributed by atoms with Gasteiger partial charge in [-0.25, -0.2) is 0 Å². The molecular formula is C13H26N2OS. The summed E-state index contributed by atoms with van der Waals surface area (Å²) < 4.78 is 0. The summed E-state index contributed by atoms with van der Waals surface area (Å²) in [6.07, 6.45) is 3.06. The molecular weight excluding hydrogens is 232 g/mol. The molecule has 0 aromatic carbocycles. The smallest absolute Gasteiger partial charge is 0.227 e. The molecule has 0 aromatic rings. The quantitative estimate of drug-likeness (QED) is 0.766. The number of thioether (sulfide) groups is 1. The molecule has 0 aromatic heterocycles. The Morgan fingerprint density at radius 3 is 2.82 bits per heavy atom. The summed E-state index contributed by atoms with van der Waals surface area (Å²) in [5.74, 6) is 2.37. The van der Waals surface area contributed by atoms with Crippen molar-refractivity contribution >= 4 is 17.7 Å². The van der Waals surface area contributed by atoms with Gasteiger partial charge in [0, 0.05) is 18.3 Å². The molecule has 2 atom stereocenters. The zero-order valence-corrected chi connectivity index (χ0v) is 12.2. The molecule has 1 heterocycles. The van der Waals surface area contributed by atoms with Crippen molar-refractivity contribution in [3.8, 4) is 0 Å². The van der Waals surface area contributed by atoms with Crippen molar-refractivity contribution in [1.82, 2.24) is 10.6 Å². The lowest BCUT2D eigenvalue weighted by Gasteiger charge is -2.36. The van der Waals surface area contributed by atoms with E-state index in [0.29, 0.717) is 0 Å². The van der Waals surface area contributed by atoms with Crippen molar-refractivity contribution in [3.63, 3.8) is 0 Å². The lowest BCUT2D eigenvalue weighted by atomic mass is 9.77. The zero-order valence-electron chi connectivity index (χ0n) is 11.3. The van der Waals surface area contributed by atoms with Crippen LogP contribution in [0.1, 0.15) is 40.0 Å². The number of amides is 1. The molecule has 2 N–H and O–H groups in total. The van der Waals surface area contributed by atoms with E-state index in [1.54, 1.807) is 0 Å². The number of carbonyl (C=O) groups is 1. The minimum atomic E-state index is -0.163. The molecule has 2 unspecified atom stereocenters. The van der Waals surface area contributed by atoms with Crippen molar-refractivity contribution in [3.05, 3.63) is 0 Å². The van der Waals surface area contributed by atoms with Gasteiger partial charge >= 0.3 is 0 Å². The lowest BCUT2D eigenvalue weighted by Crippen LogP contribution is -2.52. The Hall–Kier alpha value is -0.220. The standard InChI is InChI=1S/C13H26N2OS/c1-4-13(7-6-8-14-10-13)12(16)15-11(3)9-17-5-2/h11,14H,4-10H2,1-3H3,(H,15,16). The van der Waals surface area contributed by atoms with Crippen LogP contribution in [0.5, 0.6) is 0 Å². The molecule has 1 rings (SSSR count). The normalized spacial score (nSPS) is 26.5. The van der Waals surface area contributed by atoms with Gasteiger partial charge in [-0.2, -0.15) is 11.8 Å². The Balaban J connectivity index is 2.48. The highest BCUT2D eigenvalue weighted by Gasteiger charge is 2.38. The highest BCUT2D eigenvalue weighted by molar-refractivity contribution is 7.99. The lowest BCUT2D eigenvalue weighted by molar-refractivity contribution is -0.132. The number of nitrogens with one attached hydrogen (secondary N) is 2. The van der Waals surface area contributed by atoms with Gasteiger partial charge in [0.1, 0.15) is 0 Å².